The number of ether oxygens (including phenoxy) is 1. The van der Waals surface area contributed by atoms with E-state index in [0.29, 0.717) is 17.5 Å². The number of nitrogens with one attached hydrogen (secondary N) is 1. The number of hydrogen-bond donors (Lipinski definition) is 2. The first-order valence-corrected chi connectivity index (χ1v) is 6.59. The second kappa shape index (κ2) is 6.98. The molecule has 1 amide bonds. The summed E-state index contributed by atoms with van der Waals surface area (Å²) >= 11 is 3.18. The maximum Gasteiger partial charge on any atom is 0.252 e. The fraction of sp³-hybridized carbons (Fsp3) is 0.462. The van der Waals surface area contributed by atoms with E-state index in [1.807, 2.05) is 0 Å². The van der Waals surface area contributed by atoms with E-state index in [-0.39, 0.29) is 12.1 Å². The average molecular weight is 334 g/mol. The predicted octanol–water partition coefficient (Wildman–Crippen LogP) is 2.11. The molecule has 0 aliphatic rings. The molecule has 0 aliphatic carbocycles. The van der Waals surface area contributed by atoms with Gasteiger partial charge in [-0.3, -0.25) is 4.79 Å². The van der Waals surface area contributed by atoms with Gasteiger partial charge in [0.25, 0.3) is 5.91 Å². The molecule has 0 radical (unpaired) electrons. The van der Waals surface area contributed by atoms with Crippen LogP contribution in [0.4, 0.5) is 4.39 Å². The smallest absolute Gasteiger partial charge is 0.252 e. The third-order valence-corrected chi connectivity index (χ3v) is 3.34. The van der Waals surface area contributed by atoms with Gasteiger partial charge in [-0.05, 0) is 41.1 Å². The molecule has 106 valence electrons. The van der Waals surface area contributed by atoms with E-state index in [9.17, 15) is 14.3 Å². The number of carbonyl (C=O) groups excluding carboxylic acids is 1. The maximum atomic E-state index is 13.1. The van der Waals surface area contributed by atoms with Crippen molar-refractivity contribution in [2.24, 2.45) is 0 Å². The van der Waals surface area contributed by atoms with Gasteiger partial charge in [0.1, 0.15) is 5.82 Å². The van der Waals surface area contributed by atoms with Crippen molar-refractivity contribution in [1.29, 1.82) is 0 Å². The second-order valence-corrected chi connectivity index (χ2v) is 5.40. The van der Waals surface area contributed by atoms with Crippen molar-refractivity contribution in [3.05, 3.63) is 34.1 Å². The number of benzene rings is 1. The third-order valence-electron chi connectivity index (χ3n) is 2.65. The highest BCUT2D eigenvalue weighted by molar-refractivity contribution is 9.10. The third kappa shape index (κ3) is 5.26. The lowest BCUT2D eigenvalue weighted by Gasteiger charge is -2.23. The normalized spacial score (nSPS) is 13.9. The SMILES string of the molecule is COCCC(C)(O)CNC(=O)c1cc(F)ccc1Br. The molecule has 2 N–H and O–H groups in total. The molecular formula is C13H17BrFNO3. The first-order chi connectivity index (χ1) is 8.85. The first-order valence-electron chi connectivity index (χ1n) is 5.80. The Morgan fingerprint density at radius 1 is 1.58 bits per heavy atom. The number of carbonyl (C=O) groups is 1. The van der Waals surface area contributed by atoms with Crippen LogP contribution in [0.2, 0.25) is 0 Å². The molecule has 0 bridgehead atoms. The lowest BCUT2D eigenvalue weighted by molar-refractivity contribution is 0.0243. The Morgan fingerprint density at radius 2 is 2.26 bits per heavy atom. The van der Waals surface area contributed by atoms with Gasteiger partial charge in [-0.1, -0.05) is 0 Å². The number of halogens is 2. The van der Waals surface area contributed by atoms with Crippen LogP contribution in [0.1, 0.15) is 23.7 Å². The van der Waals surface area contributed by atoms with Crippen LogP contribution in [-0.4, -0.2) is 36.9 Å². The molecule has 1 aromatic carbocycles. The minimum Gasteiger partial charge on any atom is -0.388 e. The Kier molecular flexibility index (Phi) is 5.90. The highest BCUT2D eigenvalue weighted by Crippen LogP contribution is 2.18. The van der Waals surface area contributed by atoms with Gasteiger partial charge in [-0.15, -0.1) is 0 Å². The zero-order valence-corrected chi connectivity index (χ0v) is 12.5. The lowest BCUT2D eigenvalue weighted by Crippen LogP contribution is -2.41. The van der Waals surface area contributed by atoms with Crippen molar-refractivity contribution >= 4 is 21.8 Å². The van der Waals surface area contributed by atoms with Crippen molar-refractivity contribution in [3.8, 4) is 0 Å². The molecule has 6 heteroatoms. The summed E-state index contributed by atoms with van der Waals surface area (Å²) in [6.45, 7) is 2.07. The van der Waals surface area contributed by atoms with Crippen LogP contribution in [0.5, 0.6) is 0 Å². The van der Waals surface area contributed by atoms with Gasteiger partial charge in [-0.25, -0.2) is 4.39 Å². The van der Waals surface area contributed by atoms with E-state index in [0.717, 1.165) is 6.07 Å². The maximum absolute atomic E-state index is 13.1. The Morgan fingerprint density at radius 3 is 2.89 bits per heavy atom. The molecule has 1 rings (SSSR count). The van der Waals surface area contributed by atoms with Crippen LogP contribution in [0.15, 0.2) is 22.7 Å². The number of rotatable bonds is 6. The summed E-state index contributed by atoms with van der Waals surface area (Å²) in [5.74, 6) is -0.927. The topological polar surface area (TPSA) is 58.6 Å². The van der Waals surface area contributed by atoms with Crippen LogP contribution in [0.25, 0.3) is 0 Å². The van der Waals surface area contributed by atoms with Crippen molar-refractivity contribution in [2.75, 3.05) is 20.3 Å². The zero-order valence-electron chi connectivity index (χ0n) is 10.9. The largest absolute Gasteiger partial charge is 0.388 e. The number of aliphatic hydroxyl groups is 1. The molecular weight excluding hydrogens is 317 g/mol. The molecule has 1 aromatic rings. The molecule has 0 heterocycles. The monoisotopic (exact) mass is 333 g/mol. The van der Waals surface area contributed by atoms with E-state index >= 15 is 0 Å². The summed E-state index contributed by atoms with van der Waals surface area (Å²) in [4.78, 5) is 11.9. The Bertz CT molecular complexity index is 452. The van der Waals surface area contributed by atoms with E-state index in [4.69, 9.17) is 4.74 Å². The van der Waals surface area contributed by atoms with E-state index in [1.165, 1.54) is 12.1 Å². The quantitative estimate of drug-likeness (QED) is 0.838. The van der Waals surface area contributed by atoms with Gasteiger partial charge in [0.2, 0.25) is 0 Å². The molecule has 0 fully saturated rings. The number of amides is 1. The van der Waals surface area contributed by atoms with Crippen molar-refractivity contribution in [2.45, 2.75) is 18.9 Å². The molecule has 0 aliphatic heterocycles. The van der Waals surface area contributed by atoms with Gasteiger partial charge in [0, 0.05) is 31.2 Å². The van der Waals surface area contributed by atoms with E-state index in [1.54, 1.807) is 14.0 Å². The van der Waals surface area contributed by atoms with Gasteiger partial charge in [0.05, 0.1) is 11.2 Å². The van der Waals surface area contributed by atoms with Gasteiger partial charge in [0.15, 0.2) is 0 Å². The summed E-state index contributed by atoms with van der Waals surface area (Å²) in [6, 6.07) is 3.87. The molecule has 4 nitrogen and oxygen atoms in total. The zero-order chi connectivity index (χ0) is 14.5. The molecule has 0 saturated carbocycles. The molecule has 19 heavy (non-hydrogen) atoms. The summed E-state index contributed by atoms with van der Waals surface area (Å²) in [7, 11) is 1.54. The Hall–Kier alpha value is -0.980. The van der Waals surface area contributed by atoms with Crippen LogP contribution < -0.4 is 5.32 Å². The summed E-state index contributed by atoms with van der Waals surface area (Å²) in [5.41, 5.74) is -0.867. The molecule has 1 atom stereocenters. The molecule has 0 spiro atoms. The number of methoxy groups -OCH3 is 1. The second-order valence-electron chi connectivity index (χ2n) is 4.55. The highest BCUT2D eigenvalue weighted by atomic mass is 79.9. The van der Waals surface area contributed by atoms with Gasteiger partial charge in [-0.2, -0.15) is 0 Å². The fourth-order valence-corrected chi connectivity index (χ4v) is 1.87. The molecule has 0 aromatic heterocycles. The van der Waals surface area contributed by atoms with Gasteiger partial charge < -0.3 is 15.2 Å². The molecule has 1 unspecified atom stereocenters. The van der Waals surface area contributed by atoms with E-state index < -0.39 is 17.3 Å². The van der Waals surface area contributed by atoms with Crippen LogP contribution >= 0.6 is 15.9 Å². The van der Waals surface area contributed by atoms with Crippen molar-refractivity contribution < 1.29 is 19.0 Å². The van der Waals surface area contributed by atoms with Crippen LogP contribution in [0.3, 0.4) is 0 Å². The summed E-state index contributed by atoms with van der Waals surface area (Å²) < 4.78 is 18.5. The number of hydrogen-bond acceptors (Lipinski definition) is 3. The summed E-state index contributed by atoms with van der Waals surface area (Å²) in [6.07, 6.45) is 0.397. The standard InChI is InChI=1S/C13H17BrFNO3/c1-13(18,5-6-19-2)8-16-12(17)10-7-9(15)3-4-11(10)14/h3-4,7,18H,5-6,8H2,1-2H3,(H,16,17). The van der Waals surface area contributed by atoms with E-state index in [2.05, 4.69) is 21.2 Å². The fourth-order valence-electron chi connectivity index (χ4n) is 1.45. The predicted molar refractivity (Wildman–Crippen MR) is 73.6 cm³/mol. The van der Waals surface area contributed by atoms with Crippen molar-refractivity contribution in [3.63, 3.8) is 0 Å². The highest BCUT2D eigenvalue weighted by Gasteiger charge is 2.21. The summed E-state index contributed by atoms with van der Waals surface area (Å²) in [5, 5.41) is 12.6. The van der Waals surface area contributed by atoms with Gasteiger partial charge >= 0.3 is 0 Å². The average Bonchev–Trinajstić information content (AvgIpc) is 2.36. The first kappa shape index (κ1) is 16.1. The van der Waals surface area contributed by atoms with Crippen molar-refractivity contribution in [1.82, 2.24) is 5.32 Å². The molecule has 0 saturated heterocycles. The van der Waals surface area contributed by atoms with Crippen LogP contribution in [0, 0.1) is 5.82 Å². The Balaban J connectivity index is 2.62. The minimum atomic E-state index is -1.06. The minimum absolute atomic E-state index is 0.0676. The van der Waals surface area contributed by atoms with Crippen LogP contribution in [-0.2, 0) is 4.74 Å². The Labute approximate surface area is 120 Å². The lowest BCUT2D eigenvalue weighted by atomic mass is 10.0.